The molecule has 4 unspecified atom stereocenters. The fraction of sp³-hybridized carbons (Fsp3) is 0.750. The molecule has 105 valence electrons. The van der Waals surface area contributed by atoms with E-state index >= 15 is 0 Å². The summed E-state index contributed by atoms with van der Waals surface area (Å²) in [5, 5.41) is 36.4. The number of carbonyl (C=O) groups is 2. The van der Waals surface area contributed by atoms with Gasteiger partial charge in [0.05, 0.1) is 36.2 Å². The second kappa shape index (κ2) is 10.5. The number of rotatable bonds is 4. The van der Waals surface area contributed by atoms with Crippen LogP contribution in [0, 0.1) is 0 Å². The number of carbonyl (C=O) groups excluding carboxylic acids is 2. The summed E-state index contributed by atoms with van der Waals surface area (Å²) in [6, 6.07) is -2.54. The van der Waals surface area contributed by atoms with Crippen LogP contribution >= 0.6 is 0 Å². The summed E-state index contributed by atoms with van der Waals surface area (Å²) in [6.45, 7) is 2.58. The molecule has 17 heavy (non-hydrogen) atoms. The van der Waals surface area contributed by atoms with Gasteiger partial charge in [0, 0.05) is 0 Å². The van der Waals surface area contributed by atoms with Crippen molar-refractivity contribution in [3.63, 3.8) is 0 Å². The van der Waals surface area contributed by atoms with Crippen molar-refractivity contribution < 1.29 is 47.1 Å². The van der Waals surface area contributed by atoms with Crippen molar-refractivity contribution in [2.24, 2.45) is 11.5 Å². The quantitative estimate of drug-likeness (QED) is 0.373. The van der Waals surface area contributed by atoms with E-state index in [1.807, 2.05) is 0 Å². The third-order valence-corrected chi connectivity index (χ3v) is 1.58. The zero-order chi connectivity index (χ0) is 13.5. The molecule has 0 aromatic carbocycles. The molecule has 0 saturated carbocycles. The fourth-order valence-corrected chi connectivity index (χ4v) is 0.394. The number of hydrogen-bond donors (Lipinski definition) is 4. The van der Waals surface area contributed by atoms with Crippen LogP contribution in [0.15, 0.2) is 0 Å². The van der Waals surface area contributed by atoms with Crippen molar-refractivity contribution in [3.05, 3.63) is 0 Å². The smallest absolute Gasteiger partial charge is 0.548 e. The standard InChI is InChI=1S/2C4H9NO3.Cu/c2*1-2(6)3(5)4(7)8;/h2*2-3,6H,5H2,1H3,(H,7,8);/q;;+2/p-2. The zero-order valence-electron chi connectivity index (χ0n) is 9.29. The van der Waals surface area contributed by atoms with Crippen LogP contribution < -0.4 is 21.7 Å². The van der Waals surface area contributed by atoms with Gasteiger partial charge in [-0.3, -0.25) is 0 Å². The predicted molar refractivity (Wildman–Crippen MR) is 49.3 cm³/mol. The van der Waals surface area contributed by atoms with E-state index in [0.29, 0.717) is 0 Å². The Labute approximate surface area is 109 Å². The van der Waals surface area contributed by atoms with Gasteiger partial charge in [-0.25, -0.2) is 0 Å². The molecule has 8 nitrogen and oxygen atoms in total. The Morgan fingerprint density at radius 1 is 0.941 bits per heavy atom. The number of carboxylic acids is 2. The average molecular weight is 300 g/mol. The van der Waals surface area contributed by atoms with Crippen molar-refractivity contribution in [1.29, 1.82) is 0 Å². The molecule has 0 spiro atoms. The van der Waals surface area contributed by atoms with E-state index in [1.165, 1.54) is 13.8 Å². The maximum Gasteiger partial charge on any atom is 2.00 e. The molecule has 0 aromatic heterocycles. The Kier molecular flexibility index (Phi) is 13.3. The van der Waals surface area contributed by atoms with Crippen LogP contribution in [-0.4, -0.2) is 46.4 Å². The molecule has 0 aliphatic rings. The Balaban J connectivity index is -0.000000218. The Bertz CT molecular complexity index is 212. The Morgan fingerprint density at radius 3 is 1.12 bits per heavy atom. The van der Waals surface area contributed by atoms with Gasteiger partial charge in [-0.05, 0) is 13.8 Å². The molecule has 0 amide bonds. The zero-order valence-corrected chi connectivity index (χ0v) is 10.2. The first-order chi connectivity index (χ1) is 7.11. The van der Waals surface area contributed by atoms with Gasteiger partial charge in [0.2, 0.25) is 0 Å². The van der Waals surface area contributed by atoms with Crippen LogP contribution in [0.5, 0.6) is 0 Å². The van der Waals surface area contributed by atoms with E-state index in [1.54, 1.807) is 0 Å². The van der Waals surface area contributed by atoms with Crippen LogP contribution in [-0.2, 0) is 26.7 Å². The van der Waals surface area contributed by atoms with Gasteiger partial charge in [-0.1, -0.05) is 0 Å². The summed E-state index contributed by atoms with van der Waals surface area (Å²) in [5.74, 6) is -2.86. The summed E-state index contributed by atoms with van der Waals surface area (Å²) in [6.07, 6.45) is -2.08. The second-order valence-corrected chi connectivity index (χ2v) is 3.17. The SMILES string of the molecule is CC(O)C(N)C(=O)[O-].CC(O)C(N)C(=O)[O-].[Cu+2]. The van der Waals surface area contributed by atoms with Gasteiger partial charge >= 0.3 is 17.1 Å². The van der Waals surface area contributed by atoms with Crippen LogP contribution in [0.25, 0.3) is 0 Å². The summed E-state index contributed by atoms with van der Waals surface area (Å²) >= 11 is 0. The van der Waals surface area contributed by atoms with E-state index in [9.17, 15) is 19.8 Å². The maximum atomic E-state index is 9.74. The van der Waals surface area contributed by atoms with Crippen molar-refractivity contribution in [1.82, 2.24) is 0 Å². The molecule has 6 N–H and O–H groups in total. The molecule has 9 heteroatoms. The fourth-order valence-electron chi connectivity index (χ4n) is 0.394. The van der Waals surface area contributed by atoms with Crippen LogP contribution in [0.2, 0.25) is 0 Å². The van der Waals surface area contributed by atoms with Crippen LogP contribution in [0.1, 0.15) is 13.8 Å². The third-order valence-electron chi connectivity index (χ3n) is 1.58. The molecule has 0 aliphatic heterocycles. The number of carboxylic acid groups (broad SMARTS) is 2. The number of hydrogen-bond acceptors (Lipinski definition) is 8. The minimum absolute atomic E-state index is 0. The van der Waals surface area contributed by atoms with Gasteiger partial charge in [0.15, 0.2) is 0 Å². The predicted octanol–water partition coefficient (Wildman–Crippen LogP) is -5.11. The third kappa shape index (κ3) is 11.6. The van der Waals surface area contributed by atoms with Gasteiger partial charge in [-0.2, -0.15) is 0 Å². The molecule has 0 aromatic rings. The van der Waals surface area contributed by atoms with Crippen LogP contribution in [0.3, 0.4) is 0 Å². The summed E-state index contributed by atoms with van der Waals surface area (Å²) in [4.78, 5) is 19.5. The van der Waals surface area contributed by atoms with E-state index < -0.39 is 36.2 Å². The molecule has 0 fully saturated rings. The van der Waals surface area contributed by atoms with Gasteiger partial charge in [-0.15, -0.1) is 0 Å². The van der Waals surface area contributed by atoms with Crippen molar-refractivity contribution in [3.8, 4) is 0 Å². The largest absolute Gasteiger partial charge is 2.00 e. The van der Waals surface area contributed by atoms with E-state index in [4.69, 9.17) is 21.7 Å². The molecule has 0 saturated heterocycles. The van der Waals surface area contributed by atoms with Gasteiger partial charge in [0.25, 0.3) is 0 Å². The van der Waals surface area contributed by atoms with Gasteiger partial charge < -0.3 is 41.5 Å². The molecule has 0 bridgehead atoms. The van der Waals surface area contributed by atoms with Crippen molar-refractivity contribution >= 4 is 11.9 Å². The minimum atomic E-state index is -1.43. The normalized spacial score (nSPS) is 16.4. The summed E-state index contributed by atoms with van der Waals surface area (Å²) < 4.78 is 0. The van der Waals surface area contributed by atoms with E-state index in [2.05, 4.69) is 0 Å². The molecule has 0 aliphatic carbocycles. The number of aliphatic hydroxyl groups excluding tert-OH is 2. The summed E-state index contributed by atoms with van der Waals surface area (Å²) in [5.41, 5.74) is 9.69. The first-order valence-electron chi connectivity index (χ1n) is 4.40. The number of aliphatic hydroxyl groups is 2. The molecule has 1 radical (unpaired) electrons. The molecule has 0 heterocycles. The Morgan fingerprint density at radius 2 is 1.12 bits per heavy atom. The minimum Gasteiger partial charge on any atom is -0.548 e. The monoisotopic (exact) mass is 299 g/mol. The van der Waals surface area contributed by atoms with E-state index in [-0.39, 0.29) is 17.1 Å². The average Bonchev–Trinajstić information content (AvgIpc) is 2.15. The summed E-state index contributed by atoms with van der Waals surface area (Å²) in [7, 11) is 0. The van der Waals surface area contributed by atoms with Gasteiger partial charge in [0.1, 0.15) is 0 Å². The molecular formula is C8H16CuN2O6. The topological polar surface area (TPSA) is 173 Å². The molecule has 0 rings (SSSR count). The first kappa shape index (κ1) is 21.6. The van der Waals surface area contributed by atoms with E-state index in [0.717, 1.165) is 0 Å². The molecular weight excluding hydrogens is 284 g/mol. The first-order valence-corrected chi connectivity index (χ1v) is 4.40. The Hall–Kier alpha value is -0.701. The van der Waals surface area contributed by atoms with Crippen molar-refractivity contribution in [2.75, 3.05) is 0 Å². The number of nitrogens with two attached hydrogens (primary N) is 2. The maximum absolute atomic E-state index is 9.74. The second-order valence-electron chi connectivity index (χ2n) is 3.17. The van der Waals surface area contributed by atoms with Crippen LogP contribution in [0.4, 0.5) is 0 Å². The van der Waals surface area contributed by atoms with Crippen molar-refractivity contribution in [2.45, 2.75) is 38.1 Å². The molecule has 4 atom stereocenters. The number of aliphatic carboxylic acids is 2.